The van der Waals surface area contributed by atoms with E-state index >= 15 is 0 Å². The van der Waals surface area contributed by atoms with E-state index < -0.39 is 5.97 Å². The van der Waals surface area contributed by atoms with Gasteiger partial charge in [0.15, 0.2) is 0 Å². The van der Waals surface area contributed by atoms with Crippen LogP contribution in [0.5, 0.6) is 0 Å². The van der Waals surface area contributed by atoms with Gasteiger partial charge >= 0.3 is 5.97 Å². The third-order valence-corrected chi connectivity index (χ3v) is 3.30. The van der Waals surface area contributed by atoms with Crippen LogP contribution in [0.4, 0.5) is 0 Å². The van der Waals surface area contributed by atoms with Crippen molar-refractivity contribution >= 4 is 5.97 Å². The zero-order valence-electron chi connectivity index (χ0n) is 16.0. The summed E-state index contributed by atoms with van der Waals surface area (Å²) < 4.78 is 0. The van der Waals surface area contributed by atoms with Gasteiger partial charge in [0.25, 0.3) is 0 Å². The zero-order valence-corrected chi connectivity index (χ0v) is 16.0. The van der Waals surface area contributed by atoms with Crippen LogP contribution in [0.25, 0.3) is 0 Å². The number of carbonyl (C=O) groups is 1. The van der Waals surface area contributed by atoms with Crippen molar-refractivity contribution in [1.82, 2.24) is 0 Å². The maximum atomic E-state index is 10.2. The molecular weight excluding hydrogens is 290 g/mol. The Labute approximate surface area is 144 Å². The van der Waals surface area contributed by atoms with Crippen molar-refractivity contribution in [2.45, 2.75) is 104 Å². The number of unbranched alkanes of at least 4 members (excludes halogenated alkanes) is 10. The van der Waals surface area contributed by atoms with Gasteiger partial charge in [-0.2, -0.15) is 0 Å². The fourth-order valence-electron chi connectivity index (χ4n) is 1.98. The third-order valence-electron chi connectivity index (χ3n) is 3.30. The SMILES string of the molecule is CCCCCCCCCCCC(=O)O.CCCCCN.CCO. The summed E-state index contributed by atoms with van der Waals surface area (Å²) in [5, 5.41) is 16.0. The van der Waals surface area contributed by atoms with Gasteiger partial charge in [0.2, 0.25) is 0 Å². The summed E-state index contributed by atoms with van der Waals surface area (Å²) in [6.45, 7) is 7.19. The molecule has 0 saturated carbocycles. The molecular formula is C19H43NO3. The average molecular weight is 334 g/mol. The summed E-state index contributed by atoms with van der Waals surface area (Å²) in [6.07, 6.45) is 15.2. The molecule has 0 aliphatic rings. The Bertz CT molecular complexity index is 195. The number of hydrogen-bond acceptors (Lipinski definition) is 3. The highest BCUT2D eigenvalue weighted by Gasteiger charge is 1.96. The summed E-state index contributed by atoms with van der Waals surface area (Å²) >= 11 is 0. The molecule has 23 heavy (non-hydrogen) atoms. The van der Waals surface area contributed by atoms with Gasteiger partial charge in [0.05, 0.1) is 0 Å². The van der Waals surface area contributed by atoms with Gasteiger partial charge in [0, 0.05) is 13.0 Å². The lowest BCUT2D eigenvalue weighted by molar-refractivity contribution is -0.137. The number of carboxylic acids is 1. The second kappa shape index (κ2) is 29.4. The van der Waals surface area contributed by atoms with E-state index in [1.165, 1.54) is 64.2 Å². The van der Waals surface area contributed by atoms with Crippen LogP contribution in [0.3, 0.4) is 0 Å². The molecule has 4 nitrogen and oxygen atoms in total. The van der Waals surface area contributed by atoms with E-state index in [1.54, 1.807) is 6.92 Å². The van der Waals surface area contributed by atoms with Gasteiger partial charge in [-0.15, -0.1) is 0 Å². The first-order chi connectivity index (χ1) is 11.1. The monoisotopic (exact) mass is 333 g/mol. The summed E-state index contributed by atoms with van der Waals surface area (Å²) in [6, 6.07) is 0. The summed E-state index contributed by atoms with van der Waals surface area (Å²) in [7, 11) is 0. The molecule has 0 atom stereocenters. The number of aliphatic hydroxyl groups excluding tert-OH is 1. The van der Waals surface area contributed by atoms with Crippen molar-refractivity contribution < 1.29 is 15.0 Å². The molecule has 142 valence electrons. The summed E-state index contributed by atoms with van der Waals surface area (Å²) in [4.78, 5) is 10.2. The van der Waals surface area contributed by atoms with E-state index in [2.05, 4.69) is 13.8 Å². The fraction of sp³-hybridized carbons (Fsp3) is 0.947. The molecule has 0 radical (unpaired) electrons. The molecule has 4 N–H and O–H groups in total. The topological polar surface area (TPSA) is 83.5 Å². The Kier molecular flexibility index (Phi) is 34.8. The number of rotatable bonds is 13. The van der Waals surface area contributed by atoms with E-state index in [4.69, 9.17) is 15.9 Å². The Morgan fingerprint density at radius 1 is 0.739 bits per heavy atom. The normalized spacial score (nSPS) is 9.43. The first kappa shape index (κ1) is 27.2. The molecule has 0 aliphatic heterocycles. The maximum Gasteiger partial charge on any atom is 0.303 e. The highest BCUT2D eigenvalue weighted by Crippen LogP contribution is 2.10. The largest absolute Gasteiger partial charge is 0.481 e. The van der Waals surface area contributed by atoms with Crippen molar-refractivity contribution in [1.29, 1.82) is 0 Å². The molecule has 0 bridgehead atoms. The second-order valence-electron chi connectivity index (χ2n) is 5.78. The van der Waals surface area contributed by atoms with Crippen LogP contribution in [0, 0.1) is 0 Å². The van der Waals surface area contributed by atoms with Crippen molar-refractivity contribution in [3.63, 3.8) is 0 Å². The first-order valence-electron chi connectivity index (χ1n) is 9.63. The number of aliphatic carboxylic acids is 1. The van der Waals surface area contributed by atoms with Crippen LogP contribution in [-0.2, 0) is 4.79 Å². The molecule has 0 aromatic rings. The van der Waals surface area contributed by atoms with Crippen molar-refractivity contribution in [2.24, 2.45) is 5.73 Å². The van der Waals surface area contributed by atoms with E-state index in [0.717, 1.165) is 19.4 Å². The number of aliphatic hydroxyl groups is 1. The van der Waals surface area contributed by atoms with Gasteiger partial charge in [-0.3, -0.25) is 4.79 Å². The Morgan fingerprint density at radius 2 is 1.09 bits per heavy atom. The van der Waals surface area contributed by atoms with E-state index in [0.29, 0.717) is 6.42 Å². The zero-order chi connectivity index (χ0) is 18.2. The first-order valence-corrected chi connectivity index (χ1v) is 9.63. The lowest BCUT2D eigenvalue weighted by Gasteiger charge is -2.00. The minimum Gasteiger partial charge on any atom is -0.481 e. The van der Waals surface area contributed by atoms with E-state index in [1.807, 2.05) is 0 Å². The second-order valence-corrected chi connectivity index (χ2v) is 5.78. The molecule has 0 heterocycles. The lowest BCUT2D eigenvalue weighted by atomic mass is 10.1. The summed E-state index contributed by atoms with van der Waals surface area (Å²) in [5.74, 6) is -0.659. The molecule has 0 rings (SSSR count). The molecule has 0 aromatic heterocycles. The van der Waals surface area contributed by atoms with Crippen molar-refractivity contribution in [3.8, 4) is 0 Å². The van der Waals surface area contributed by atoms with Crippen LogP contribution in [0.1, 0.15) is 104 Å². The smallest absolute Gasteiger partial charge is 0.303 e. The van der Waals surface area contributed by atoms with Crippen LogP contribution in [0.2, 0.25) is 0 Å². The Morgan fingerprint density at radius 3 is 1.39 bits per heavy atom. The lowest BCUT2D eigenvalue weighted by Crippen LogP contribution is -1.96. The Balaban J connectivity index is -0.000000368. The molecule has 0 spiro atoms. The molecule has 0 amide bonds. The van der Waals surface area contributed by atoms with Gasteiger partial charge < -0.3 is 15.9 Å². The quantitative estimate of drug-likeness (QED) is 0.408. The van der Waals surface area contributed by atoms with Gasteiger partial charge in [-0.1, -0.05) is 78.1 Å². The Hall–Kier alpha value is -0.610. The highest BCUT2D eigenvalue weighted by molar-refractivity contribution is 5.66. The van der Waals surface area contributed by atoms with Crippen LogP contribution < -0.4 is 5.73 Å². The van der Waals surface area contributed by atoms with Crippen LogP contribution in [-0.4, -0.2) is 29.3 Å². The third kappa shape index (κ3) is 44.9. The standard InChI is InChI=1S/C12H24O2.C5H13N.C2H6O/c1-2-3-4-5-6-7-8-9-10-11-12(13)14;1-2-3-4-5-6;1-2-3/h2-11H2,1H3,(H,13,14);2-6H2,1H3;3H,2H2,1H3. The minimum absolute atomic E-state index is 0.250. The van der Waals surface area contributed by atoms with E-state index in [9.17, 15) is 4.79 Å². The predicted molar refractivity (Wildman–Crippen MR) is 101 cm³/mol. The van der Waals surface area contributed by atoms with Gasteiger partial charge in [0.1, 0.15) is 0 Å². The predicted octanol–water partition coefficient (Wildman–Crippen LogP) is 5.13. The highest BCUT2D eigenvalue weighted by atomic mass is 16.4. The molecule has 0 aliphatic carbocycles. The van der Waals surface area contributed by atoms with Crippen molar-refractivity contribution in [3.05, 3.63) is 0 Å². The molecule has 4 heteroatoms. The molecule has 0 fully saturated rings. The van der Waals surface area contributed by atoms with Gasteiger partial charge in [-0.25, -0.2) is 0 Å². The maximum absolute atomic E-state index is 10.2. The van der Waals surface area contributed by atoms with Gasteiger partial charge in [-0.05, 0) is 26.3 Å². The van der Waals surface area contributed by atoms with Crippen LogP contribution in [0.15, 0.2) is 0 Å². The number of hydrogen-bond donors (Lipinski definition) is 3. The van der Waals surface area contributed by atoms with Crippen LogP contribution >= 0.6 is 0 Å². The molecule has 0 saturated heterocycles. The molecule has 0 aromatic carbocycles. The van der Waals surface area contributed by atoms with E-state index in [-0.39, 0.29) is 6.61 Å². The summed E-state index contributed by atoms with van der Waals surface area (Å²) in [5.41, 5.74) is 5.21. The number of nitrogens with two attached hydrogens (primary N) is 1. The molecule has 0 unspecified atom stereocenters. The van der Waals surface area contributed by atoms with Crippen molar-refractivity contribution in [2.75, 3.05) is 13.2 Å². The minimum atomic E-state index is -0.659. The number of carboxylic acid groups (broad SMARTS) is 1. The average Bonchev–Trinajstić information content (AvgIpc) is 2.52. The fourth-order valence-corrected chi connectivity index (χ4v) is 1.98.